The first-order valence-electron chi connectivity index (χ1n) is 4.80. The van der Waals surface area contributed by atoms with Gasteiger partial charge in [0.15, 0.2) is 0 Å². The van der Waals surface area contributed by atoms with Crippen LogP contribution in [0.4, 0.5) is 0 Å². The maximum atomic E-state index is 3.88. The lowest BCUT2D eigenvalue weighted by atomic mass is 9.91. The fourth-order valence-electron chi connectivity index (χ4n) is 1.63. The van der Waals surface area contributed by atoms with E-state index in [9.17, 15) is 0 Å². The molecule has 1 aromatic rings. The zero-order valence-corrected chi connectivity index (χ0v) is 9.02. The zero-order chi connectivity index (χ0) is 10.0. The molecule has 0 bridgehead atoms. The summed E-state index contributed by atoms with van der Waals surface area (Å²) in [5, 5.41) is 0. The van der Waals surface area contributed by atoms with Gasteiger partial charge in [0, 0.05) is 0 Å². The topological polar surface area (TPSA) is 0 Å². The molecule has 70 valence electrons. The molecule has 1 aromatic carbocycles. The molecule has 0 aliphatic rings. The molecule has 0 amide bonds. The Hall–Kier alpha value is -1.04. The number of hydrogen-bond donors (Lipinski definition) is 0. The van der Waals surface area contributed by atoms with E-state index in [0.717, 1.165) is 0 Å². The van der Waals surface area contributed by atoms with Gasteiger partial charge in [-0.25, -0.2) is 0 Å². The van der Waals surface area contributed by atoms with Gasteiger partial charge in [-0.3, -0.25) is 0 Å². The van der Waals surface area contributed by atoms with Gasteiger partial charge in [-0.15, -0.1) is 0 Å². The lowest BCUT2D eigenvalue weighted by molar-refractivity contribution is 0.861. The van der Waals surface area contributed by atoms with Crippen LogP contribution < -0.4 is 0 Å². The van der Waals surface area contributed by atoms with Gasteiger partial charge in [-0.2, -0.15) is 0 Å². The molecular weight excluding hydrogens is 156 g/mol. The van der Waals surface area contributed by atoms with E-state index in [-0.39, 0.29) is 0 Å². The smallest absolute Gasteiger partial charge is 0.0196 e. The summed E-state index contributed by atoms with van der Waals surface area (Å²) in [6, 6.07) is 4.40. The van der Waals surface area contributed by atoms with Crippen molar-refractivity contribution >= 4 is 6.08 Å². The Kier molecular flexibility index (Phi) is 2.92. The first-order chi connectivity index (χ1) is 6.07. The number of rotatable bonds is 2. The Bertz CT molecular complexity index is 319. The molecule has 0 unspecified atom stereocenters. The van der Waals surface area contributed by atoms with E-state index in [1.807, 2.05) is 6.08 Å². The highest BCUT2D eigenvalue weighted by Crippen LogP contribution is 2.25. The molecule has 0 aliphatic heterocycles. The van der Waals surface area contributed by atoms with Crippen molar-refractivity contribution in [1.29, 1.82) is 0 Å². The summed E-state index contributed by atoms with van der Waals surface area (Å²) < 4.78 is 0. The molecule has 0 heteroatoms. The summed E-state index contributed by atoms with van der Waals surface area (Å²) in [7, 11) is 0. The molecule has 0 fully saturated rings. The average Bonchev–Trinajstić information content (AvgIpc) is 2.09. The van der Waals surface area contributed by atoms with Gasteiger partial charge >= 0.3 is 0 Å². The van der Waals surface area contributed by atoms with Crippen LogP contribution in [0.3, 0.4) is 0 Å². The molecule has 1 rings (SSSR count). The monoisotopic (exact) mass is 174 g/mol. The Labute approximate surface area is 81.3 Å². The van der Waals surface area contributed by atoms with Crippen LogP contribution in [-0.2, 0) is 0 Å². The fourth-order valence-corrected chi connectivity index (χ4v) is 1.63. The van der Waals surface area contributed by atoms with Crippen molar-refractivity contribution in [1.82, 2.24) is 0 Å². The minimum atomic E-state index is 0.576. The van der Waals surface area contributed by atoms with Crippen LogP contribution in [0.25, 0.3) is 6.08 Å². The SMILES string of the molecule is C=Cc1c(C(C)C)ccc(C)c1C. The van der Waals surface area contributed by atoms with E-state index in [2.05, 4.69) is 46.4 Å². The van der Waals surface area contributed by atoms with E-state index in [0.29, 0.717) is 5.92 Å². The van der Waals surface area contributed by atoms with Gasteiger partial charge in [-0.05, 0) is 42.0 Å². The quantitative estimate of drug-likeness (QED) is 0.634. The summed E-state index contributed by atoms with van der Waals surface area (Å²) in [4.78, 5) is 0. The second kappa shape index (κ2) is 3.78. The Balaban J connectivity index is 3.38. The third kappa shape index (κ3) is 1.82. The van der Waals surface area contributed by atoms with Crippen molar-refractivity contribution in [3.05, 3.63) is 41.0 Å². The Morgan fingerprint density at radius 2 is 1.85 bits per heavy atom. The van der Waals surface area contributed by atoms with Crippen molar-refractivity contribution < 1.29 is 0 Å². The highest BCUT2D eigenvalue weighted by atomic mass is 14.1. The molecule has 0 saturated carbocycles. The fraction of sp³-hybridized carbons (Fsp3) is 0.385. The Morgan fingerprint density at radius 1 is 1.23 bits per heavy atom. The van der Waals surface area contributed by atoms with Gasteiger partial charge in [0.05, 0.1) is 0 Å². The second-order valence-corrected chi connectivity index (χ2v) is 3.87. The molecule has 0 nitrogen and oxygen atoms in total. The minimum absolute atomic E-state index is 0.576. The molecule has 0 saturated heterocycles. The summed E-state index contributed by atoms with van der Waals surface area (Å²) in [6.45, 7) is 12.6. The predicted molar refractivity (Wildman–Crippen MR) is 60.1 cm³/mol. The van der Waals surface area contributed by atoms with E-state index in [1.165, 1.54) is 22.3 Å². The molecule has 0 heterocycles. The standard InChI is InChI=1S/C13H18/c1-6-12-11(5)10(4)7-8-13(12)9(2)3/h6-9H,1H2,2-5H3. The van der Waals surface area contributed by atoms with Crippen molar-refractivity contribution in [2.75, 3.05) is 0 Å². The van der Waals surface area contributed by atoms with Gasteiger partial charge < -0.3 is 0 Å². The highest BCUT2D eigenvalue weighted by Gasteiger charge is 2.07. The molecule has 0 aliphatic carbocycles. The van der Waals surface area contributed by atoms with Gasteiger partial charge in [0.25, 0.3) is 0 Å². The summed E-state index contributed by atoms with van der Waals surface area (Å²) >= 11 is 0. The van der Waals surface area contributed by atoms with Gasteiger partial charge in [-0.1, -0.05) is 38.6 Å². The molecular formula is C13H18. The van der Waals surface area contributed by atoms with Crippen LogP contribution in [0.15, 0.2) is 18.7 Å². The minimum Gasteiger partial charge on any atom is -0.0984 e. The lowest BCUT2D eigenvalue weighted by Gasteiger charge is -2.14. The van der Waals surface area contributed by atoms with Crippen LogP contribution in [0, 0.1) is 13.8 Å². The third-order valence-electron chi connectivity index (χ3n) is 2.65. The first-order valence-corrected chi connectivity index (χ1v) is 4.80. The van der Waals surface area contributed by atoms with E-state index in [1.54, 1.807) is 0 Å². The average molecular weight is 174 g/mol. The molecule has 0 radical (unpaired) electrons. The lowest BCUT2D eigenvalue weighted by Crippen LogP contribution is -1.96. The number of benzene rings is 1. The summed E-state index contributed by atoms with van der Waals surface area (Å²) in [6.07, 6.45) is 1.97. The molecule has 13 heavy (non-hydrogen) atoms. The molecule has 0 spiro atoms. The second-order valence-electron chi connectivity index (χ2n) is 3.87. The zero-order valence-electron chi connectivity index (χ0n) is 9.02. The van der Waals surface area contributed by atoms with Crippen LogP contribution in [0.1, 0.15) is 42.0 Å². The molecule has 0 atom stereocenters. The number of aryl methyl sites for hydroxylation is 1. The van der Waals surface area contributed by atoms with Crippen molar-refractivity contribution in [2.24, 2.45) is 0 Å². The Morgan fingerprint density at radius 3 is 2.31 bits per heavy atom. The molecule has 0 aromatic heterocycles. The van der Waals surface area contributed by atoms with Crippen molar-refractivity contribution in [3.63, 3.8) is 0 Å². The molecule has 0 N–H and O–H groups in total. The van der Waals surface area contributed by atoms with Crippen LogP contribution >= 0.6 is 0 Å². The first kappa shape index (κ1) is 10.0. The van der Waals surface area contributed by atoms with Crippen molar-refractivity contribution in [3.8, 4) is 0 Å². The third-order valence-corrected chi connectivity index (χ3v) is 2.65. The maximum absolute atomic E-state index is 3.88. The van der Waals surface area contributed by atoms with Crippen LogP contribution in [0.2, 0.25) is 0 Å². The van der Waals surface area contributed by atoms with E-state index >= 15 is 0 Å². The normalized spacial score (nSPS) is 10.5. The highest BCUT2D eigenvalue weighted by molar-refractivity contribution is 5.59. The van der Waals surface area contributed by atoms with Gasteiger partial charge in [0.2, 0.25) is 0 Å². The predicted octanol–water partition coefficient (Wildman–Crippen LogP) is 4.07. The van der Waals surface area contributed by atoms with Crippen molar-refractivity contribution in [2.45, 2.75) is 33.6 Å². The maximum Gasteiger partial charge on any atom is -0.0196 e. The van der Waals surface area contributed by atoms with E-state index < -0.39 is 0 Å². The number of hydrogen-bond acceptors (Lipinski definition) is 0. The summed E-state index contributed by atoms with van der Waals surface area (Å²) in [5.74, 6) is 0.576. The van der Waals surface area contributed by atoms with Crippen LogP contribution in [-0.4, -0.2) is 0 Å². The van der Waals surface area contributed by atoms with Gasteiger partial charge in [0.1, 0.15) is 0 Å². The van der Waals surface area contributed by atoms with Crippen LogP contribution in [0.5, 0.6) is 0 Å². The summed E-state index contributed by atoms with van der Waals surface area (Å²) in [5.41, 5.74) is 5.42. The van der Waals surface area contributed by atoms with E-state index in [4.69, 9.17) is 0 Å². The largest absolute Gasteiger partial charge is 0.0984 e.